The molecular formula is C14H26N2. The Labute approximate surface area is 99.9 Å². The highest BCUT2D eigenvalue weighted by Gasteiger charge is 2.37. The van der Waals surface area contributed by atoms with Gasteiger partial charge in [0.2, 0.25) is 0 Å². The third kappa shape index (κ3) is 2.26. The molecule has 1 aliphatic heterocycles. The van der Waals surface area contributed by atoms with Crippen LogP contribution in [0.15, 0.2) is 0 Å². The Bertz CT molecular complexity index is 258. The van der Waals surface area contributed by atoms with Crippen LogP contribution >= 0.6 is 0 Å². The molecule has 2 fully saturated rings. The first-order chi connectivity index (χ1) is 7.50. The van der Waals surface area contributed by atoms with Crippen molar-refractivity contribution in [3.8, 4) is 0 Å². The van der Waals surface area contributed by atoms with Crippen molar-refractivity contribution in [2.24, 2.45) is 11.3 Å². The molecule has 0 bridgehead atoms. The summed E-state index contributed by atoms with van der Waals surface area (Å²) in [4.78, 5) is 2.41. The summed E-state index contributed by atoms with van der Waals surface area (Å²) in [7, 11) is 0. The first-order valence-corrected chi connectivity index (χ1v) is 6.86. The summed E-state index contributed by atoms with van der Waals surface area (Å²) in [5, 5.41) is 8.36. The van der Waals surface area contributed by atoms with Gasteiger partial charge >= 0.3 is 0 Å². The van der Waals surface area contributed by atoms with E-state index in [1.807, 2.05) is 0 Å². The van der Waals surface area contributed by atoms with Crippen LogP contribution in [0.2, 0.25) is 0 Å². The maximum Gasteiger partial charge on any atom is 0.102 e. The van der Waals surface area contributed by atoms with E-state index in [2.05, 4.69) is 25.7 Å². The maximum atomic E-state index is 8.36. The molecular weight excluding hydrogens is 196 g/mol. The number of amidine groups is 1. The highest BCUT2D eigenvalue weighted by atomic mass is 15.2. The van der Waals surface area contributed by atoms with Crippen molar-refractivity contribution in [2.45, 2.75) is 65.3 Å². The van der Waals surface area contributed by atoms with Crippen molar-refractivity contribution in [2.75, 3.05) is 6.54 Å². The summed E-state index contributed by atoms with van der Waals surface area (Å²) in [5.74, 6) is 1.74. The van der Waals surface area contributed by atoms with Crippen LogP contribution in [0.25, 0.3) is 0 Å². The Kier molecular flexibility index (Phi) is 3.27. The van der Waals surface area contributed by atoms with E-state index < -0.39 is 0 Å². The average Bonchev–Trinajstić information content (AvgIpc) is 2.85. The van der Waals surface area contributed by atoms with E-state index in [4.69, 9.17) is 5.41 Å². The summed E-state index contributed by atoms with van der Waals surface area (Å²) in [5.41, 5.74) is 0.0151. The molecule has 1 atom stereocenters. The van der Waals surface area contributed by atoms with Crippen molar-refractivity contribution >= 4 is 5.84 Å². The molecule has 1 aliphatic carbocycles. The van der Waals surface area contributed by atoms with E-state index in [1.165, 1.54) is 38.5 Å². The SMILES string of the molecule is CC(C)(C)C(=N)N1CCCC1C1CCCC1. The minimum absolute atomic E-state index is 0.0151. The average molecular weight is 222 g/mol. The molecule has 1 unspecified atom stereocenters. The lowest BCUT2D eigenvalue weighted by molar-refractivity contribution is 0.260. The quantitative estimate of drug-likeness (QED) is 0.532. The van der Waals surface area contributed by atoms with Gasteiger partial charge in [-0.05, 0) is 31.6 Å². The van der Waals surface area contributed by atoms with Gasteiger partial charge in [0.15, 0.2) is 0 Å². The second kappa shape index (κ2) is 4.38. The molecule has 1 N–H and O–H groups in total. The zero-order valence-electron chi connectivity index (χ0n) is 11.1. The van der Waals surface area contributed by atoms with Gasteiger partial charge in [0.05, 0.1) is 0 Å². The first-order valence-electron chi connectivity index (χ1n) is 6.86. The summed E-state index contributed by atoms with van der Waals surface area (Å²) in [6.07, 6.45) is 8.25. The van der Waals surface area contributed by atoms with Crippen LogP contribution in [0, 0.1) is 16.7 Å². The highest BCUT2D eigenvalue weighted by Crippen LogP contribution is 2.37. The molecule has 1 saturated heterocycles. The molecule has 2 heteroatoms. The van der Waals surface area contributed by atoms with Gasteiger partial charge in [-0.2, -0.15) is 0 Å². The van der Waals surface area contributed by atoms with Gasteiger partial charge in [-0.15, -0.1) is 0 Å². The van der Waals surface area contributed by atoms with Crippen molar-refractivity contribution in [1.82, 2.24) is 4.90 Å². The number of likely N-dealkylation sites (tertiary alicyclic amines) is 1. The Morgan fingerprint density at radius 2 is 1.69 bits per heavy atom. The van der Waals surface area contributed by atoms with Crippen molar-refractivity contribution in [3.63, 3.8) is 0 Å². The maximum absolute atomic E-state index is 8.36. The zero-order valence-corrected chi connectivity index (χ0v) is 11.1. The highest BCUT2D eigenvalue weighted by molar-refractivity contribution is 5.84. The molecule has 1 saturated carbocycles. The van der Waals surface area contributed by atoms with Gasteiger partial charge < -0.3 is 4.90 Å². The normalized spacial score (nSPS) is 27.7. The molecule has 2 rings (SSSR count). The zero-order chi connectivity index (χ0) is 11.8. The predicted molar refractivity (Wildman–Crippen MR) is 68.9 cm³/mol. The van der Waals surface area contributed by atoms with Crippen LogP contribution in [-0.2, 0) is 0 Å². The first kappa shape index (κ1) is 11.9. The summed E-state index contributed by atoms with van der Waals surface area (Å²) in [6, 6.07) is 0.689. The molecule has 0 aromatic carbocycles. The van der Waals surface area contributed by atoms with Crippen LogP contribution in [0.5, 0.6) is 0 Å². The Hall–Kier alpha value is -0.530. The monoisotopic (exact) mass is 222 g/mol. The topological polar surface area (TPSA) is 27.1 Å². The van der Waals surface area contributed by atoms with Crippen molar-refractivity contribution in [1.29, 1.82) is 5.41 Å². The van der Waals surface area contributed by atoms with E-state index >= 15 is 0 Å². The van der Waals surface area contributed by atoms with Gasteiger partial charge in [0, 0.05) is 18.0 Å². The second-order valence-electron chi connectivity index (χ2n) is 6.55. The van der Waals surface area contributed by atoms with Crippen LogP contribution in [-0.4, -0.2) is 23.3 Å². The summed E-state index contributed by atoms with van der Waals surface area (Å²) in [6.45, 7) is 7.62. The van der Waals surface area contributed by atoms with E-state index in [0.717, 1.165) is 18.3 Å². The molecule has 0 radical (unpaired) electrons. The van der Waals surface area contributed by atoms with Gasteiger partial charge in [-0.1, -0.05) is 33.6 Å². The Morgan fingerprint density at radius 1 is 1.06 bits per heavy atom. The number of hydrogen-bond donors (Lipinski definition) is 1. The molecule has 1 heterocycles. The third-order valence-electron chi connectivity index (χ3n) is 4.24. The van der Waals surface area contributed by atoms with Crippen LogP contribution in [0.1, 0.15) is 59.3 Å². The second-order valence-corrected chi connectivity index (χ2v) is 6.55. The molecule has 16 heavy (non-hydrogen) atoms. The van der Waals surface area contributed by atoms with Gasteiger partial charge in [0.25, 0.3) is 0 Å². The summed E-state index contributed by atoms with van der Waals surface area (Å²) < 4.78 is 0. The smallest absolute Gasteiger partial charge is 0.102 e. The lowest BCUT2D eigenvalue weighted by atomic mass is 9.91. The lowest BCUT2D eigenvalue weighted by Gasteiger charge is -2.36. The largest absolute Gasteiger partial charge is 0.357 e. The van der Waals surface area contributed by atoms with Gasteiger partial charge in [-0.25, -0.2) is 0 Å². The van der Waals surface area contributed by atoms with Gasteiger partial charge in [0.1, 0.15) is 5.84 Å². The summed E-state index contributed by atoms with van der Waals surface area (Å²) >= 11 is 0. The third-order valence-corrected chi connectivity index (χ3v) is 4.24. The molecule has 2 aliphatic rings. The van der Waals surface area contributed by atoms with Crippen LogP contribution in [0.4, 0.5) is 0 Å². The molecule has 92 valence electrons. The fourth-order valence-electron chi connectivity index (χ4n) is 3.33. The van der Waals surface area contributed by atoms with E-state index in [0.29, 0.717) is 6.04 Å². The van der Waals surface area contributed by atoms with Crippen LogP contribution in [0.3, 0.4) is 0 Å². The van der Waals surface area contributed by atoms with Crippen molar-refractivity contribution in [3.05, 3.63) is 0 Å². The van der Waals surface area contributed by atoms with Crippen LogP contribution < -0.4 is 0 Å². The molecule has 0 amide bonds. The number of hydrogen-bond acceptors (Lipinski definition) is 1. The molecule has 2 nitrogen and oxygen atoms in total. The number of nitrogens with zero attached hydrogens (tertiary/aromatic N) is 1. The number of nitrogens with one attached hydrogen (secondary N) is 1. The van der Waals surface area contributed by atoms with Gasteiger partial charge in [-0.3, -0.25) is 5.41 Å². The lowest BCUT2D eigenvalue weighted by Crippen LogP contribution is -2.44. The molecule has 0 spiro atoms. The molecule has 0 aromatic rings. The fourth-order valence-corrected chi connectivity index (χ4v) is 3.33. The number of rotatable bonds is 1. The predicted octanol–water partition coefficient (Wildman–Crippen LogP) is 3.66. The standard InChI is InChI=1S/C14H26N2/c1-14(2,3)13(15)16-10-6-9-12(16)11-7-4-5-8-11/h11-12,15H,4-10H2,1-3H3. The fraction of sp³-hybridized carbons (Fsp3) is 0.929. The Balaban J connectivity index is 2.05. The minimum Gasteiger partial charge on any atom is -0.357 e. The van der Waals surface area contributed by atoms with E-state index in [-0.39, 0.29) is 5.41 Å². The van der Waals surface area contributed by atoms with E-state index in [9.17, 15) is 0 Å². The Morgan fingerprint density at radius 3 is 2.25 bits per heavy atom. The van der Waals surface area contributed by atoms with E-state index in [1.54, 1.807) is 0 Å². The van der Waals surface area contributed by atoms with Crippen molar-refractivity contribution < 1.29 is 0 Å². The minimum atomic E-state index is 0.0151. The molecule has 0 aromatic heterocycles.